The number of carbonyl (C=O) groups excluding carboxylic acids is 3. The third-order valence-corrected chi connectivity index (χ3v) is 9.91. The molecule has 1 aromatic carbocycles. The van der Waals surface area contributed by atoms with Crippen LogP contribution in [0.25, 0.3) is 0 Å². The average Bonchev–Trinajstić information content (AvgIpc) is 3.51. The first-order valence-electron chi connectivity index (χ1n) is 16.4. The van der Waals surface area contributed by atoms with E-state index in [0.29, 0.717) is 17.5 Å². The van der Waals surface area contributed by atoms with Gasteiger partial charge in [0.05, 0.1) is 29.7 Å². The summed E-state index contributed by atoms with van der Waals surface area (Å²) in [7, 11) is 6.54. The number of carboxylic acids is 1. The van der Waals surface area contributed by atoms with Crippen LogP contribution in [0.4, 0.5) is 0 Å². The summed E-state index contributed by atoms with van der Waals surface area (Å²) in [6.45, 7) is 12.2. The molecule has 2 rings (SSSR count). The van der Waals surface area contributed by atoms with Crippen LogP contribution in [0, 0.1) is 17.8 Å². The highest BCUT2D eigenvalue weighted by molar-refractivity contribution is 5.97. The Morgan fingerprint density at radius 1 is 1.17 bits per heavy atom. The zero-order chi connectivity index (χ0) is 35.0. The van der Waals surface area contributed by atoms with Crippen molar-refractivity contribution in [2.75, 3.05) is 41.5 Å². The van der Waals surface area contributed by atoms with E-state index in [4.69, 9.17) is 15.2 Å². The topological polar surface area (TPSA) is 160 Å². The van der Waals surface area contributed by atoms with Gasteiger partial charge >= 0.3 is 5.97 Å². The van der Waals surface area contributed by atoms with Gasteiger partial charge in [-0.1, -0.05) is 58.4 Å². The quantitative estimate of drug-likeness (QED) is 0.176. The van der Waals surface area contributed by atoms with E-state index in [0.717, 1.165) is 6.42 Å². The maximum atomic E-state index is 14.5. The Morgan fingerprint density at radius 3 is 2.35 bits per heavy atom. The molecule has 260 valence electrons. The highest BCUT2D eigenvalue weighted by atomic mass is 16.5. The van der Waals surface area contributed by atoms with E-state index >= 15 is 0 Å². The van der Waals surface area contributed by atoms with Gasteiger partial charge < -0.3 is 35.8 Å². The van der Waals surface area contributed by atoms with Gasteiger partial charge in [-0.2, -0.15) is 0 Å². The summed E-state index contributed by atoms with van der Waals surface area (Å²) in [5, 5.41) is 15.7. The minimum absolute atomic E-state index is 0.00560. The highest BCUT2D eigenvalue weighted by Gasteiger charge is 2.50. The summed E-state index contributed by atoms with van der Waals surface area (Å²) in [5.41, 5.74) is 5.14. The molecule has 1 aliphatic rings. The fourth-order valence-electron chi connectivity index (χ4n) is 6.86. The van der Waals surface area contributed by atoms with E-state index in [1.807, 2.05) is 26.8 Å². The highest BCUT2D eigenvalue weighted by Crippen LogP contribution is 2.35. The normalized spacial score (nSPS) is 21.9. The summed E-state index contributed by atoms with van der Waals surface area (Å²) in [5.74, 6) is -1.82. The lowest BCUT2D eigenvalue weighted by atomic mass is 9.74. The lowest BCUT2D eigenvalue weighted by molar-refractivity contribution is -0.155. The second kappa shape index (κ2) is 16.9. The van der Waals surface area contributed by atoms with Crippen LogP contribution in [0.3, 0.4) is 0 Å². The van der Waals surface area contributed by atoms with E-state index in [1.165, 1.54) is 7.11 Å². The van der Waals surface area contributed by atoms with Crippen LogP contribution in [0.1, 0.15) is 71.9 Å². The number of aliphatic carboxylic acids is 1. The number of nitrogens with zero attached hydrogens (tertiary/aromatic N) is 1. The summed E-state index contributed by atoms with van der Waals surface area (Å²) in [4.78, 5) is 55.5. The number of ether oxygens (including phenoxy) is 2. The molecule has 1 aromatic rings. The Bertz CT molecular complexity index is 1210. The fourth-order valence-corrected chi connectivity index (χ4v) is 6.86. The zero-order valence-electron chi connectivity index (χ0n) is 29.5. The van der Waals surface area contributed by atoms with Crippen LogP contribution in [0.5, 0.6) is 0 Å². The molecule has 0 bridgehead atoms. The lowest BCUT2D eigenvalue weighted by Crippen LogP contribution is -2.62. The van der Waals surface area contributed by atoms with Crippen molar-refractivity contribution in [3.63, 3.8) is 0 Å². The smallest absolute Gasteiger partial charge is 0.320 e. The van der Waals surface area contributed by atoms with Crippen LogP contribution >= 0.6 is 0 Å². The largest absolute Gasteiger partial charge is 0.480 e. The van der Waals surface area contributed by atoms with Gasteiger partial charge in [0.25, 0.3) is 0 Å². The lowest BCUT2D eigenvalue weighted by Gasteiger charge is -2.44. The molecular formula is C35H58N4O7. The molecule has 0 aliphatic carbocycles. The number of carbonyl (C=O) groups is 4. The standard InChI is InChI=1S/C35H58N4O7/c1-11-22(4)18-35(6,46-10)30(39(8)32(42)28(37-7)21(2)3)29(40)24-17-27(38-19-24)31(41)34(5,20-45-9)25-14-12-13-23(15-25)16-26(36)33(43)44/h12-15,21-22,24,26-28,30,37-38H,11,16-20,36H2,1-10H3,(H,43,44)/t22-,24-,26-,27-,28-,30+,34-,35+/m0/s1. The Labute approximate surface area is 275 Å². The van der Waals surface area contributed by atoms with Crippen LogP contribution < -0.4 is 16.4 Å². The maximum absolute atomic E-state index is 14.5. The third-order valence-electron chi connectivity index (χ3n) is 9.91. The molecule has 0 saturated carbocycles. The second-order valence-corrected chi connectivity index (χ2v) is 13.9. The van der Waals surface area contributed by atoms with E-state index < -0.39 is 47.1 Å². The van der Waals surface area contributed by atoms with Crippen molar-refractivity contribution in [2.24, 2.45) is 23.5 Å². The third kappa shape index (κ3) is 9.01. The molecule has 0 aromatic heterocycles. The van der Waals surface area contributed by atoms with Crippen molar-refractivity contribution in [2.45, 2.75) is 102 Å². The van der Waals surface area contributed by atoms with E-state index in [9.17, 15) is 24.3 Å². The molecule has 0 unspecified atom stereocenters. The molecule has 1 aliphatic heterocycles. The van der Waals surface area contributed by atoms with Crippen LogP contribution in [-0.2, 0) is 40.5 Å². The molecule has 0 spiro atoms. The molecule has 11 nitrogen and oxygen atoms in total. The predicted molar refractivity (Wildman–Crippen MR) is 179 cm³/mol. The molecule has 5 N–H and O–H groups in total. The summed E-state index contributed by atoms with van der Waals surface area (Å²) in [6.07, 6.45) is 1.86. The Balaban J connectivity index is 2.44. The van der Waals surface area contributed by atoms with E-state index in [2.05, 4.69) is 24.5 Å². The zero-order valence-corrected chi connectivity index (χ0v) is 29.5. The SMILES string of the molecule is CC[C@H](C)C[C@@](C)(OC)[C@@H](C(=O)[C@@H]1CN[C@H](C(=O)[C@@](C)(COC)c2cccc(C[C@H](N)C(=O)O)c2)C1)N(C)C(=O)[C@@H](NC)C(C)C. The Hall–Kier alpha value is -2.70. The number of methoxy groups -OCH3 is 2. The van der Waals surface area contributed by atoms with Crippen LogP contribution in [-0.4, -0.2) is 105 Å². The van der Waals surface area contributed by atoms with Gasteiger partial charge in [0, 0.05) is 33.7 Å². The molecule has 11 heteroatoms. The van der Waals surface area contributed by atoms with Crippen LogP contribution in [0.2, 0.25) is 0 Å². The van der Waals surface area contributed by atoms with Gasteiger partial charge in [-0.25, -0.2) is 0 Å². The van der Waals surface area contributed by atoms with Gasteiger partial charge in [-0.3, -0.25) is 19.2 Å². The van der Waals surface area contributed by atoms with Crippen molar-refractivity contribution >= 4 is 23.4 Å². The maximum Gasteiger partial charge on any atom is 0.320 e. The number of carboxylic acid groups (broad SMARTS) is 1. The molecule has 8 atom stereocenters. The van der Waals surface area contributed by atoms with Gasteiger partial charge in [0.1, 0.15) is 12.1 Å². The molecule has 46 heavy (non-hydrogen) atoms. The van der Waals surface area contributed by atoms with Gasteiger partial charge in [-0.15, -0.1) is 0 Å². The molecule has 1 fully saturated rings. The monoisotopic (exact) mass is 646 g/mol. The Morgan fingerprint density at radius 2 is 1.83 bits per heavy atom. The number of nitrogens with two attached hydrogens (primary N) is 1. The minimum atomic E-state index is -1.10. The number of rotatable bonds is 19. The first kappa shape index (κ1) is 39.5. The summed E-state index contributed by atoms with van der Waals surface area (Å²) < 4.78 is 11.6. The van der Waals surface area contributed by atoms with Crippen molar-refractivity contribution in [1.29, 1.82) is 0 Å². The first-order chi connectivity index (χ1) is 21.5. The molecule has 0 radical (unpaired) electrons. The number of benzene rings is 1. The van der Waals surface area contributed by atoms with Gasteiger partial charge in [-0.05, 0) is 63.1 Å². The molecular weight excluding hydrogens is 588 g/mol. The van der Waals surface area contributed by atoms with Crippen molar-refractivity contribution in [1.82, 2.24) is 15.5 Å². The number of hydrogen-bond donors (Lipinski definition) is 4. The Kier molecular flexibility index (Phi) is 14.5. The fraction of sp³-hybridized carbons (Fsp3) is 0.714. The minimum Gasteiger partial charge on any atom is -0.480 e. The number of nitrogens with one attached hydrogen (secondary N) is 2. The van der Waals surface area contributed by atoms with Crippen molar-refractivity contribution < 1.29 is 33.8 Å². The summed E-state index contributed by atoms with van der Waals surface area (Å²) in [6, 6.07) is 4.16. The van der Waals surface area contributed by atoms with Crippen LogP contribution in [0.15, 0.2) is 24.3 Å². The van der Waals surface area contributed by atoms with Gasteiger partial charge in [0.15, 0.2) is 11.6 Å². The number of ketones is 2. The van der Waals surface area contributed by atoms with E-state index in [-0.39, 0.29) is 55.3 Å². The van der Waals surface area contributed by atoms with Crippen molar-refractivity contribution in [3.05, 3.63) is 35.4 Å². The van der Waals surface area contributed by atoms with Crippen molar-refractivity contribution in [3.8, 4) is 0 Å². The molecule has 1 amide bonds. The van der Waals surface area contributed by atoms with Gasteiger partial charge in [0.2, 0.25) is 5.91 Å². The number of Topliss-reactive ketones (excluding diaryl/α,β-unsaturated/α-hetero) is 2. The predicted octanol–water partition coefficient (Wildman–Crippen LogP) is 2.57. The molecule has 1 saturated heterocycles. The average molecular weight is 647 g/mol. The number of amides is 1. The molecule has 1 heterocycles. The summed E-state index contributed by atoms with van der Waals surface area (Å²) >= 11 is 0. The second-order valence-electron chi connectivity index (χ2n) is 13.9. The number of likely N-dealkylation sites (N-methyl/N-ethyl adjacent to an activating group) is 2. The first-order valence-corrected chi connectivity index (χ1v) is 16.4. The van der Waals surface area contributed by atoms with E-state index in [1.54, 1.807) is 51.2 Å². The number of hydrogen-bond acceptors (Lipinski definition) is 9.